The van der Waals surface area contributed by atoms with Gasteiger partial charge in [0.2, 0.25) is 0 Å². The maximum absolute atomic E-state index is 12.5. The topological polar surface area (TPSA) is 47.6 Å². The molecule has 3 aromatic carbocycles. The highest BCUT2D eigenvalue weighted by molar-refractivity contribution is 6.07. The van der Waals surface area contributed by atoms with Gasteiger partial charge >= 0.3 is 0 Å². The number of nitrogens with one attached hydrogen (secondary N) is 1. The first-order chi connectivity index (χ1) is 11.8. The number of para-hydroxylation sites is 2. The largest absolute Gasteiger partial charge is 0.486 e. The summed E-state index contributed by atoms with van der Waals surface area (Å²) in [4.78, 5) is 12.5. The van der Waals surface area contributed by atoms with Gasteiger partial charge in [-0.25, -0.2) is 0 Å². The van der Waals surface area contributed by atoms with Gasteiger partial charge in [0, 0.05) is 5.56 Å². The second-order valence-electron chi connectivity index (χ2n) is 5.73. The smallest absolute Gasteiger partial charge is 0.252 e. The minimum atomic E-state index is -0.196. The summed E-state index contributed by atoms with van der Waals surface area (Å²) in [6.45, 7) is 0.823. The molecular weight excluding hydrogens is 302 g/mol. The minimum Gasteiger partial charge on any atom is -0.486 e. The summed E-state index contributed by atoms with van der Waals surface area (Å²) in [5.74, 6) is 1.36. The SMILES string of the molecule is O=C(NCC1COc2ccccc2O1)c1cccc2ccccc12. The third-order valence-corrected chi connectivity index (χ3v) is 4.09. The molecule has 0 saturated carbocycles. The number of carbonyl (C=O) groups is 1. The summed E-state index contributed by atoms with van der Waals surface area (Å²) in [5.41, 5.74) is 0.672. The monoisotopic (exact) mass is 319 g/mol. The number of rotatable bonds is 3. The Bertz CT molecular complexity index is 885. The van der Waals surface area contributed by atoms with E-state index >= 15 is 0 Å². The molecule has 0 saturated heterocycles. The minimum absolute atomic E-state index is 0.103. The van der Waals surface area contributed by atoms with Gasteiger partial charge < -0.3 is 14.8 Å². The lowest BCUT2D eigenvalue weighted by molar-refractivity contribution is 0.0790. The first-order valence-corrected chi connectivity index (χ1v) is 7.96. The standard InChI is InChI=1S/C20H17NO3/c22-20(17-9-5-7-14-6-1-2-8-16(14)17)21-12-15-13-23-18-10-3-4-11-19(18)24-15/h1-11,15H,12-13H2,(H,21,22). The van der Waals surface area contributed by atoms with Gasteiger partial charge in [0.1, 0.15) is 12.7 Å². The molecule has 1 heterocycles. The van der Waals surface area contributed by atoms with E-state index in [1.807, 2.05) is 66.7 Å². The Morgan fingerprint density at radius 3 is 2.62 bits per heavy atom. The fraction of sp³-hybridized carbons (Fsp3) is 0.150. The second kappa shape index (κ2) is 6.24. The van der Waals surface area contributed by atoms with Crippen molar-refractivity contribution in [2.75, 3.05) is 13.2 Å². The van der Waals surface area contributed by atoms with Crippen LogP contribution in [0.25, 0.3) is 10.8 Å². The van der Waals surface area contributed by atoms with Crippen LogP contribution < -0.4 is 14.8 Å². The predicted octanol–water partition coefficient (Wildman–Crippen LogP) is 3.41. The van der Waals surface area contributed by atoms with E-state index in [9.17, 15) is 4.79 Å². The second-order valence-corrected chi connectivity index (χ2v) is 5.73. The van der Waals surface area contributed by atoms with Crippen molar-refractivity contribution < 1.29 is 14.3 Å². The zero-order valence-electron chi connectivity index (χ0n) is 13.1. The van der Waals surface area contributed by atoms with E-state index < -0.39 is 0 Å². The zero-order chi connectivity index (χ0) is 16.4. The molecule has 0 spiro atoms. The molecule has 0 fully saturated rings. The van der Waals surface area contributed by atoms with Crippen molar-refractivity contribution in [1.82, 2.24) is 5.32 Å². The van der Waals surface area contributed by atoms with E-state index in [1.165, 1.54) is 0 Å². The highest BCUT2D eigenvalue weighted by atomic mass is 16.6. The molecule has 4 rings (SSSR count). The molecular formula is C20H17NO3. The number of hydrogen-bond donors (Lipinski definition) is 1. The Morgan fingerprint density at radius 2 is 1.71 bits per heavy atom. The first-order valence-electron chi connectivity index (χ1n) is 7.96. The lowest BCUT2D eigenvalue weighted by Gasteiger charge is -2.26. The fourth-order valence-corrected chi connectivity index (χ4v) is 2.89. The Morgan fingerprint density at radius 1 is 0.958 bits per heavy atom. The average molecular weight is 319 g/mol. The number of hydrogen-bond acceptors (Lipinski definition) is 3. The van der Waals surface area contributed by atoms with Crippen molar-refractivity contribution in [3.63, 3.8) is 0 Å². The maximum atomic E-state index is 12.5. The third-order valence-electron chi connectivity index (χ3n) is 4.09. The van der Waals surface area contributed by atoms with E-state index in [0.717, 1.165) is 16.5 Å². The Kier molecular flexibility index (Phi) is 3.79. The van der Waals surface area contributed by atoms with Crippen molar-refractivity contribution in [1.29, 1.82) is 0 Å². The van der Waals surface area contributed by atoms with Gasteiger partial charge in [-0.15, -0.1) is 0 Å². The van der Waals surface area contributed by atoms with Crippen LogP contribution in [0.4, 0.5) is 0 Å². The molecule has 24 heavy (non-hydrogen) atoms. The van der Waals surface area contributed by atoms with Crippen molar-refractivity contribution in [2.24, 2.45) is 0 Å². The Hall–Kier alpha value is -3.01. The van der Waals surface area contributed by atoms with Crippen LogP contribution in [0.2, 0.25) is 0 Å². The van der Waals surface area contributed by atoms with Crippen LogP contribution in [-0.4, -0.2) is 25.2 Å². The van der Waals surface area contributed by atoms with Crippen LogP contribution in [0.5, 0.6) is 11.5 Å². The normalized spacial score (nSPS) is 15.9. The number of ether oxygens (including phenoxy) is 2. The summed E-state index contributed by atoms with van der Waals surface area (Å²) < 4.78 is 11.5. The van der Waals surface area contributed by atoms with Crippen LogP contribution in [0.1, 0.15) is 10.4 Å². The van der Waals surface area contributed by atoms with Crippen molar-refractivity contribution in [3.05, 3.63) is 72.3 Å². The predicted molar refractivity (Wildman–Crippen MR) is 92.6 cm³/mol. The van der Waals surface area contributed by atoms with Crippen LogP contribution in [0.15, 0.2) is 66.7 Å². The fourth-order valence-electron chi connectivity index (χ4n) is 2.89. The molecule has 1 atom stereocenters. The maximum Gasteiger partial charge on any atom is 0.252 e. The molecule has 0 aromatic heterocycles. The van der Waals surface area contributed by atoms with Crippen LogP contribution in [-0.2, 0) is 0 Å². The molecule has 0 bridgehead atoms. The molecule has 3 aromatic rings. The zero-order valence-corrected chi connectivity index (χ0v) is 13.1. The highest BCUT2D eigenvalue weighted by Gasteiger charge is 2.21. The first kappa shape index (κ1) is 14.6. The molecule has 4 heteroatoms. The van der Waals surface area contributed by atoms with Gasteiger partial charge in [0.25, 0.3) is 5.91 Å². The summed E-state index contributed by atoms with van der Waals surface area (Å²) >= 11 is 0. The van der Waals surface area contributed by atoms with E-state index in [4.69, 9.17) is 9.47 Å². The number of fused-ring (bicyclic) bond motifs is 2. The molecule has 1 amide bonds. The Labute approximate surface area is 140 Å². The third kappa shape index (κ3) is 2.78. The van der Waals surface area contributed by atoms with Crippen LogP contribution >= 0.6 is 0 Å². The lowest BCUT2D eigenvalue weighted by Crippen LogP contribution is -2.40. The summed E-state index contributed by atoms with van der Waals surface area (Å²) in [5, 5.41) is 4.95. The van der Waals surface area contributed by atoms with Gasteiger partial charge in [0.15, 0.2) is 11.5 Å². The van der Waals surface area contributed by atoms with E-state index in [2.05, 4.69) is 5.32 Å². The number of amides is 1. The van der Waals surface area contributed by atoms with Gasteiger partial charge in [-0.3, -0.25) is 4.79 Å². The number of benzene rings is 3. The van der Waals surface area contributed by atoms with E-state index in [1.54, 1.807) is 0 Å². The molecule has 0 aliphatic carbocycles. The summed E-state index contributed by atoms with van der Waals surface area (Å²) in [6, 6.07) is 21.2. The lowest BCUT2D eigenvalue weighted by atomic mass is 10.0. The van der Waals surface area contributed by atoms with E-state index in [0.29, 0.717) is 24.5 Å². The van der Waals surface area contributed by atoms with Crippen molar-refractivity contribution >= 4 is 16.7 Å². The average Bonchev–Trinajstić information content (AvgIpc) is 2.65. The Balaban J connectivity index is 1.45. The highest BCUT2D eigenvalue weighted by Crippen LogP contribution is 2.30. The number of carbonyl (C=O) groups excluding carboxylic acids is 1. The van der Waals surface area contributed by atoms with Gasteiger partial charge in [0.05, 0.1) is 6.54 Å². The molecule has 1 aliphatic heterocycles. The van der Waals surface area contributed by atoms with Gasteiger partial charge in [-0.2, -0.15) is 0 Å². The van der Waals surface area contributed by atoms with Gasteiger partial charge in [-0.1, -0.05) is 48.5 Å². The quantitative estimate of drug-likeness (QED) is 0.805. The van der Waals surface area contributed by atoms with E-state index in [-0.39, 0.29) is 12.0 Å². The van der Waals surface area contributed by atoms with Crippen LogP contribution in [0, 0.1) is 0 Å². The van der Waals surface area contributed by atoms with Gasteiger partial charge in [-0.05, 0) is 29.0 Å². The molecule has 120 valence electrons. The van der Waals surface area contributed by atoms with Crippen molar-refractivity contribution in [2.45, 2.75) is 6.10 Å². The van der Waals surface area contributed by atoms with Crippen molar-refractivity contribution in [3.8, 4) is 11.5 Å². The molecule has 0 radical (unpaired) electrons. The van der Waals surface area contributed by atoms with Crippen LogP contribution in [0.3, 0.4) is 0 Å². The molecule has 1 unspecified atom stereocenters. The molecule has 4 nitrogen and oxygen atoms in total. The molecule has 1 N–H and O–H groups in total. The molecule has 1 aliphatic rings. The summed E-state index contributed by atoms with van der Waals surface area (Å²) in [7, 11) is 0. The summed E-state index contributed by atoms with van der Waals surface area (Å²) in [6.07, 6.45) is -0.196.